The second-order valence-electron chi connectivity index (χ2n) is 17.4. The number of nitrogens with zero attached hydrogens (tertiary/aromatic N) is 1. The van der Waals surface area contributed by atoms with Crippen molar-refractivity contribution in [3.8, 4) is 11.1 Å². The van der Waals surface area contributed by atoms with Crippen LogP contribution in [0.1, 0.15) is 87.1 Å². The summed E-state index contributed by atoms with van der Waals surface area (Å²) in [5.74, 6) is -1.70. The van der Waals surface area contributed by atoms with Crippen LogP contribution >= 0.6 is 0 Å². The predicted octanol–water partition coefficient (Wildman–Crippen LogP) is 6.68. The lowest BCUT2D eigenvalue weighted by atomic mass is 9.88. The van der Waals surface area contributed by atoms with Crippen molar-refractivity contribution in [1.29, 1.82) is 5.41 Å². The molecule has 2 aromatic carbocycles. The van der Waals surface area contributed by atoms with E-state index in [0.29, 0.717) is 37.4 Å². The highest BCUT2D eigenvalue weighted by Gasteiger charge is 2.54. The van der Waals surface area contributed by atoms with Crippen LogP contribution in [0.4, 0.5) is 21.0 Å². The van der Waals surface area contributed by atoms with Crippen molar-refractivity contribution in [1.82, 2.24) is 15.5 Å². The number of allylic oxidation sites excluding steroid dienone is 1. The van der Waals surface area contributed by atoms with Crippen molar-refractivity contribution in [2.45, 2.75) is 123 Å². The van der Waals surface area contributed by atoms with Crippen LogP contribution in [0.25, 0.3) is 16.7 Å². The summed E-state index contributed by atoms with van der Waals surface area (Å²) < 4.78 is 28.2. The van der Waals surface area contributed by atoms with E-state index in [2.05, 4.69) is 21.3 Å². The van der Waals surface area contributed by atoms with E-state index in [0.717, 1.165) is 22.3 Å². The van der Waals surface area contributed by atoms with Crippen molar-refractivity contribution in [2.24, 2.45) is 5.92 Å². The molecule has 1 aliphatic carbocycles. The summed E-state index contributed by atoms with van der Waals surface area (Å²) in [6, 6.07) is 11.1. The van der Waals surface area contributed by atoms with Gasteiger partial charge in [0.1, 0.15) is 23.5 Å². The molecule has 2 saturated heterocycles. The number of hydrogen-bond donors (Lipinski definition) is 5. The van der Waals surface area contributed by atoms with Gasteiger partial charge < -0.3 is 39.3 Å². The van der Waals surface area contributed by atoms with E-state index in [1.54, 1.807) is 71.8 Å². The summed E-state index contributed by atoms with van der Waals surface area (Å²) in [5.41, 5.74) is 3.00. The highest BCUT2D eigenvalue weighted by Crippen LogP contribution is 2.37. The zero-order valence-corrected chi connectivity index (χ0v) is 35.4. The second-order valence-corrected chi connectivity index (χ2v) is 17.4. The fourth-order valence-corrected chi connectivity index (χ4v) is 7.16. The minimum absolute atomic E-state index is 0.0766. The van der Waals surface area contributed by atoms with Gasteiger partial charge in [-0.1, -0.05) is 44.2 Å². The first-order valence-corrected chi connectivity index (χ1v) is 19.9. The van der Waals surface area contributed by atoms with Crippen LogP contribution in [-0.4, -0.2) is 103 Å². The van der Waals surface area contributed by atoms with Crippen LogP contribution in [0.2, 0.25) is 0 Å². The molecule has 2 aromatic rings. The molecule has 15 nitrogen and oxygen atoms in total. The molecule has 1 spiro atoms. The highest BCUT2D eigenvalue weighted by atomic mass is 16.7. The van der Waals surface area contributed by atoms with E-state index in [9.17, 15) is 19.2 Å². The fraction of sp³-hybridized carbons (Fsp3) is 0.558. The standard InChI is InChI=1S/C43H60N6O9/c1-25(2)36(45-26(3)54-10)38(51)49-24-43(55-19-20-56-43)23-35(49)37(50)46-32-17-15-29(21-31(32)44)27-11-13-28(14-12-27)30-16-18-33(47-39(52)57-41(4,5)6)34(22-30)48-40(53)58-42(7,8)9/h11-14,16,18,21-22,25-26,32,35-36,44-45H,15,17,19-20,23-24H2,1-10H3,(H,46,50)(H,47,52)(H,48,53). The molecular formula is C43H60N6O9. The molecule has 2 heterocycles. The number of nitrogens with one attached hydrogen (secondary N) is 5. The Labute approximate surface area is 341 Å². The van der Waals surface area contributed by atoms with E-state index in [4.69, 9.17) is 29.1 Å². The summed E-state index contributed by atoms with van der Waals surface area (Å²) >= 11 is 0. The molecule has 2 fully saturated rings. The average Bonchev–Trinajstić information content (AvgIpc) is 3.76. The molecule has 4 unspecified atom stereocenters. The smallest absolute Gasteiger partial charge is 0.412 e. The van der Waals surface area contributed by atoms with Crippen molar-refractivity contribution in [3.05, 3.63) is 54.1 Å². The number of amides is 4. The third-order valence-electron chi connectivity index (χ3n) is 10.00. The summed E-state index contributed by atoms with van der Waals surface area (Å²) in [7, 11) is 1.56. The number of likely N-dealkylation sites (tertiary alicyclic amines) is 1. The summed E-state index contributed by atoms with van der Waals surface area (Å²) in [4.78, 5) is 54.9. The van der Waals surface area contributed by atoms with Crippen molar-refractivity contribution >= 4 is 46.7 Å². The van der Waals surface area contributed by atoms with Crippen LogP contribution in [0.3, 0.4) is 0 Å². The average molecular weight is 805 g/mol. The molecule has 0 saturated carbocycles. The van der Waals surface area contributed by atoms with Gasteiger partial charge >= 0.3 is 12.2 Å². The number of methoxy groups -OCH3 is 1. The zero-order chi connectivity index (χ0) is 42.6. The summed E-state index contributed by atoms with van der Waals surface area (Å²) in [5, 5.41) is 20.7. The molecule has 5 N–H and O–H groups in total. The monoisotopic (exact) mass is 804 g/mol. The Hall–Kier alpha value is -4.83. The molecule has 3 aliphatic rings. The first kappa shape index (κ1) is 44.3. The van der Waals surface area contributed by atoms with E-state index in [-0.39, 0.29) is 42.6 Å². The molecule has 5 rings (SSSR count). The van der Waals surface area contributed by atoms with Crippen LogP contribution in [0.5, 0.6) is 0 Å². The number of hydrogen-bond acceptors (Lipinski definition) is 11. The number of carbonyl (C=O) groups excluding carboxylic acids is 4. The molecular weight excluding hydrogens is 745 g/mol. The SMILES string of the molecule is COC(C)NC(C(=O)N1CC2(CC1C(=O)NC1CCC(c3ccc(-c4ccc(NC(=O)OC(C)(C)C)c(NC(=O)OC(C)(C)C)c4)cc3)=CC1=N)OCCO2)C(C)C. The lowest BCUT2D eigenvalue weighted by molar-refractivity contribution is -0.154. The van der Waals surface area contributed by atoms with Crippen molar-refractivity contribution in [2.75, 3.05) is 37.5 Å². The van der Waals surface area contributed by atoms with E-state index < -0.39 is 47.3 Å². The van der Waals surface area contributed by atoms with Crippen LogP contribution in [-0.2, 0) is 33.3 Å². The minimum atomic E-state index is -1.04. The molecule has 2 aliphatic heterocycles. The Balaban J connectivity index is 1.29. The van der Waals surface area contributed by atoms with E-state index in [1.807, 2.05) is 51.1 Å². The molecule has 4 amide bonds. The van der Waals surface area contributed by atoms with Gasteiger partial charge in [-0.2, -0.15) is 0 Å². The minimum Gasteiger partial charge on any atom is -0.444 e. The first-order valence-electron chi connectivity index (χ1n) is 19.9. The van der Waals surface area contributed by atoms with E-state index >= 15 is 0 Å². The van der Waals surface area contributed by atoms with Crippen LogP contribution in [0.15, 0.2) is 48.5 Å². The number of rotatable bonds is 11. The first-order chi connectivity index (χ1) is 27.2. The Bertz CT molecular complexity index is 1880. The maximum Gasteiger partial charge on any atom is 0.412 e. The molecule has 0 aromatic heterocycles. The number of anilines is 2. The van der Waals surface area contributed by atoms with Gasteiger partial charge in [0.2, 0.25) is 11.8 Å². The quantitative estimate of drug-likeness (QED) is 0.153. The van der Waals surface area contributed by atoms with Gasteiger partial charge in [-0.05, 0) is 108 Å². The third kappa shape index (κ3) is 11.4. The Morgan fingerprint density at radius 2 is 1.41 bits per heavy atom. The Morgan fingerprint density at radius 1 is 0.845 bits per heavy atom. The lowest BCUT2D eigenvalue weighted by Crippen LogP contribution is -2.57. The number of benzene rings is 2. The molecule has 15 heteroatoms. The van der Waals surface area contributed by atoms with Gasteiger partial charge in [0.25, 0.3) is 0 Å². The van der Waals surface area contributed by atoms with Crippen molar-refractivity contribution < 1.29 is 42.9 Å². The largest absolute Gasteiger partial charge is 0.444 e. The Kier molecular flexibility index (Phi) is 13.7. The van der Waals surface area contributed by atoms with E-state index in [1.165, 1.54) is 0 Å². The fourth-order valence-electron chi connectivity index (χ4n) is 7.16. The number of ether oxygens (including phenoxy) is 5. The van der Waals surface area contributed by atoms with Crippen LogP contribution in [0, 0.1) is 11.3 Å². The molecule has 0 radical (unpaired) electrons. The summed E-state index contributed by atoms with van der Waals surface area (Å²) in [6.45, 7) is 17.2. The van der Waals surface area contributed by atoms with Gasteiger partial charge in [-0.3, -0.25) is 25.5 Å². The van der Waals surface area contributed by atoms with Crippen molar-refractivity contribution in [3.63, 3.8) is 0 Å². The maximum absolute atomic E-state index is 14.0. The Morgan fingerprint density at radius 3 is 1.97 bits per heavy atom. The molecule has 58 heavy (non-hydrogen) atoms. The lowest BCUT2D eigenvalue weighted by Gasteiger charge is -2.33. The summed E-state index contributed by atoms with van der Waals surface area (Å²) in [6.07, 6.45) is 1.39. The van der Waals surface area contributed by atoms with Crippen LogP contribution < -0.4 is 21.3 Å². The van der Waals surface area contributed by atoms with Gasteiger partial charge in [0, 0.05) is 13.5 Å². The number of carbonyl (C=O) groups is 4. The normalized spacial score (nSPS) is 20.4. The van der Waals surface area contributed by atoms with Gasteiger partial charge in [-0.15, -0.1) is 0 Å². The highest BCUT2D eigenvalue weighted by molar-refractivity contribution is 6.06. The molecule has 316 valence electrons. The third-order valence-corrected chi connectivity index (χ3v) is 10.00. The topological polar surface area (TPSA) is 190 Å². The van der Waals surface area contributed by atoms with Gasteiger partial charge in [0.05, 0.1) is 48.9 Å². The second kappa shape index (κ2) is 18.0. The van der Waals surface area contributed by atoms with Gasteiger partial charge in [-0.25, -0.2) is 9.59 Å². The molecule has 4 atom stereocenters. The molecule has 0 bridgehead atoms. The predicted molar refractivity (Wildman–Crippen MR) is 221 cm³/mol. The maximum atomic E-state index is 14.0. The zero-order valence-electron chi connectivity index (χ0n) is 35.4. The van der Waals surface area contributed by atoms with Gasteiger partial charge in [0.15, 0.2) is 5.79 Å².